The summed E-state index contributed by atoms with van der Waals surface area (Å²) in [6, 6.07) is 1.48. The Balaban J connectivity index is 1.62. The van der Waals surface area contributed by atoms with Crippen LogP contribution in [0.2, 0.25) is 0 Å². The van der Waals surface area contributed by atoms with E-state index < -0.39 is 15.9 Å². The second kappa shape index (κ2) is 6.69. The fourth-order valence-electron chi connectivity index (χ4n) is 3.70. The van der Waals surface area contributed by atoms with E-state index >= 15 is 0 Å². The summed E-state index contributed by atoms with van der Waals surface area (Å²) in [7, 11) is -1.32. The Hall–Kier alpha value is -1.45. The van der Waals surface area contributed by atoms with Crippen molar-refractivity contribution in [3.63, 3.8) is 0 Å². The quantitative estimate of drug-likeness (QED) is 0.768. The summed E-state index contributed by atoms with van der Waals surface area (Å²) in [5.74, 6) is 0.0338. The lowest BCUT2D eigenvalue weighted by Crippen LogP contribution is -2.54. The number of aliphatic hydroxyl groups is 1. The molecule has 0 radical (unpaired) electrons. The maximum Gasteiger partial charge on any atom is 0.274 e. The topological polar surface area (TPSA) is 95.7 Å². The maximum atomic E-state index is 12.7. The molecule has 25 heavy (non-hydrogen) atoms. The Labute approximate surface area is 148 Å². The number of sulfone groups is 1. The third kappa shape index (κ3) is 3.73. The highest BCUT2D eigenvalue weighted by Gasteiger charge is 2.41. The van der Waals surface area contributed by atoms with Crippen molar-refractivity contribution in [2.75, 3.05) is 37.7 Å². The molecule has 1 N–H and O–H groups in total. The molecule has 0 aliphatic carbocycles. The minimum absolute atomic E-state index is 0.000102. The highest BCUT2D eigenvalue weighted by atomic mass is 32.2. The van der Waals surface area contributed by atoms with Crippen LogP contribution in [0.4, 0.5) is 0 Å². The molecule has 2 aliphatic rings. The molecule has 1 aromatic rings. The van der Waals surface area contributed by atoms with Gasteiger partial charge in [-0.25, -0.2) is 8.42 Å². The van der Waals surface area contributed by atoms with Crippen LogP contribution in [-0.4, -0.2) is 88.8 Å². The standard InChI is InChI=1S/C16H26N4O4S/c1-11(2)13-8-12(17-18(13)3)16(22)20-6-4-19(5-7-20)14-9-25(23,24)10-15(14)21/h8,11,14-15,21H,4-7,9-10H2,1-3H3. The summed E-state index contributed by atoms with van der Waals surface area (Å²) < 4.78 is 25.1. The Morgan fingerprint density at radius 2 is 1.88 bits per heavy atom. The van der Waals surface area contributed by atoms with Crippen LogP contribution >= 0.6 is 0 Å². The zero-order chi connectivity index (χ0) is 18.4. The van der Waals surface area contributed by atoms with E-state index in [0.717, 1.165) is 5.69 Å². The molecule has 0 aromatic carbocycles. The van der Waals surface area contributed by atoms with Crippen LogP contribution in [0.3, 0.4) is 0 Å². The number of hydrogen-bond acceptors (Lipinski definition) is 6. The summed E-state index contributed by atoms with van der Waals surface area (Å²) in [5.41, 5.74) is 1.46. The van der Waals surface area contributed by atoms with Gasteiger partial charge in [0.2, 0.25) is 0 Å². The third-order valence-electron chi connectivity index (χ3n) is 5.09. The number of carbonyl (C=O) groups is 1. The Bertz CT molecular complexity index is 750. The van der Waals surface area contributed by atoms with Gasteiger partial charge in [0.05, 0.1) is 23.7 Å². The molecule has 3 rings (SSSR count). The first-order chi connectivity index (χ1) is 11.7. The van der Waals surface area contributed by atoms with Gasteiger partial charge >= 0.3 is 0 Å². The molecule has 0 spiro atoms. The molecule has 2 unspecified atom stereocenters. The van der Waals surface area contributed by atoms with E-state index in [4.69, 9.17) is 0 Å². The van der Waals surface area contributed by atoms with E-state index in [1.54, 1.807) is 9.58 Å². The first kappa shape index (κ1) is 18.3. The average molecular weight is 370 g/mol. The Kier molecular flexibility index (Phi) is 4.91. The van der Waals surface area contributed by atoms with Gasteiger partial charge in [-0.05, 0) is 12.0 Å². The van der Waals surface area contributed by atoms with Crippen molar-refractivity contribution in [2.45, 2.75) is 31.9 Å². The molecular weight excluding hydrogens is 344 g/mol. The first-order valence-electron chi connectivity index (χ1n) is 8.63. The normalized spacial score (nSPS) is 27.2. The monoisotopic (exact) mass is 370 g/mol. The molecule has 1 amide bonds. The second-order valence-corrected chi connectivity index (χ2v) is 9.43. The van der Waals surface area contributed by atoms with Gasteiger partial charge in [-0.1, -0.05) is 13.8 Å². The molecule has 2 saturated heterocycles. The molecule has 0 bridgehead atoms. The van der Waals surface area contributed by atoms with Gasteiger partial charge in [0.15, 0.2) is 15.5 Å². The summed E-state index contributed by atoms with van der Waals surface area (Å²) in [6.45, 7) is 6.26. The zero-order valence-corrected chi connectivity index (χ0v) is 15.7. The van der Waals surface area contributed by atoms with E-state index in [-0.39, 0.29) is 23.5 Å². The minimum atomic E-state index is -3.16. The van der Waals surface area contributed by atoms with Crippen LogP contribution in [-0.2, 0) is 16.9 Å². The molecule has 3 heterocycles. The molecular formula is C16H26N4O4S. The van der Waals surface area contributed by atoms with E-state index in [9.17, 15) is 18.3 Å². The number of aromatic nitrogens is 2. The number of amides is 1. The van der Waals surface area contributed by atoms with Crippen LogP contribution in [0.15, 0.2) is 6.07 Å². The highest BCUT2D eigenvalue weighted by Crippen LogP contribution is 2.21. The number of rotatable bonds is 3. The SMILES string of the molecule is CC(C)c1cc(C(=O)N2CCN(C3CS(=O)(=O)CC3O)CC2)nn1C. The Morgan fingerprint density at radius 1 is 1.24 bits per heavy atom. The number of hydrogen-bond donors (Lipinski definition) is 1. The lowest BCUT2D eigenvalue weighted by molar-refractivity contribution is 0.0373. The molecule has 1 aromatic heterocycles. The second-order valence-electron chi connectivity index (χ2n) is 7.27. The Morgan fingerprint density at radius 3 is 2.36 bits per heavy atom. The van der Waals surface area contributed by atoms with Crippen molar-refractivity contribution in [2.24, 2.45) is 7.05 Å². The van der Waals surface area contributed by atoms with Crippen molar-refractivity contribution < 1.29 is 18.3 Å². The van der Waals surface area contributed by atoms with E-state index in [1.807, 2.05) is 18.0 Å². The lowest BCUT2D eigenvalue weighted by Gasteiger charge is -2.38. The number of aryl methyl sites for hydroxylation is 1. The van der Waals surface area contributed by atoms with E-state index in [2.05, 4.69) is 18.9 Å². The van der Waals surface area contributed by atoms with E-state index in [1.165, 1.54) is 0 Å². The van der Waals surface area contributed by atoms with Gasteiger partial charge in [-0.2, -0.15) is 5.10 Å². The molecule has 0 saturated carbocycles. The van der Waals surface area contributed by atoms with Crippen LogP contribution in [0, 0.1) is 0 Å². The minimum Gasteiger partial charge on any atom is -0.390 e. The molecule has 2 aliphatic heterocycles. The summed E-state index contributed by atoms with van der Waals surface area (Å²) in [5, 5.41) is 14.3. The molecule has 140 valence electrons. The summed E-state index contributed by atoms with van der Waals surface area (Å²) >= 11 is 0. The number of carbonyl (C=O) groups excluding carboxylic acids is 1. The van der Waals surface area contributed by atoms with Gasteiger partial charge in [-0.15, -0.1) is 0 Å². The highest BCUT2D eigenvalue weighted by molar-refractivity contribution is 7.91. The smallest absolute Gasteiger partial charge is 0.274 e. The largest absolute Gasteiger partial charge is 0.390 e. The molecule has 2 atom stereocenters. The van der Waals surface area contributed by atoms with Crippen molar-refractivity contribution in [1.82, 2.24) is 19.6 Å². The lowest BCUT2D eigenvalue weighted by atomic mass is 10.1. The van der Waals surface area contributed by atoms with Crippen molar-refractivity contribution in [1.29, 1.82) is 0 Å². The van der Waals surface area contributed by atoms with Crippen molar-refractivity contribution in [3.8, 4) is 0 Å². The predicted molar refractivity (Wildman–Crippen MR) is 93.2 cm³/mol. The molecule has 9 heteroatoms. The van der Waals surface area contributed by atoms with Gasteiger partial charge in [-0.3, -0.25) is 14.4 Å². The third-order valence-corrected chi connectivity index (χ3v) is 6.79. The summed E-state index contributed by atoms with van der Waals surface area (Å²) in [4.78, 5) is 16.4. The van der Waals surface area contributed by atoms with E-state index in [0.29, 0.717) is 37.8 Å². The number of aliphatic hydroxyl groups excluding tert-OH is 1. The van der Waals surface area contributed by atoms with Crippen molar-refractivity contribution in [3.05, 3.63) is 17.5 Å². The van der Waals surface area contributed by atoms with Gasteiger partial charge in [0.1, 0.15) is 0 Å². The van der Waals surface area contributed by atoms with Crippen molar-refractivity contribution >= 4 is 15.7 Å². The van der Waals surface area contributed by atoms with Gasteiger partial charge in [0, 0.05) is 38.9 Å². The fourth-order valence-corrected chi connectivity index (χ4v) is 5.54. The number of nitrogens with zero attached hydrogens (tertiary/aromatic N) is 4. The zero-order valence-electron chi connectivity index (χ0n) is 14.9. The first-order valence-corrected chi connectivity index (χ1v) is 10.5. The summed E-state index contributed by atoms with van der Waals surface area (Å²) in [6.07, 6.45) is -0.836. The molecule has 2 fully saturated rings. The molecule has 8 nitrogen and oxygen atoms in total. The maximum absolute atomic E-state index is 12.7. The van der Waals surface area contributed by atoms with Gasteiger partial charge in [0.25, 0.3) is 5.91 Å². The van der Waals surface area contributed by atoms with Crippen LogP contribution in [0.25, 0.3) is 0 Å². The average Bonchev–Trinajstić information content (AvgIpc) is 3.06. The number of piperazine rings is 1. The van der Waals surface area contributed by atoms with Crippen LogP contribution in [0.5, 0.6) is 0 Å². The van der Waals surface area contributed by atoms with Gasteiger partial charge < -0.3 is 10.0 Å². The van der Waals surface area contributed by atoms with Crippen LogP contribution in [0.1, 0.15) is 35.9 Å². The fraction of sp³-hybridized carbons (Fsp3) is 0.750. The predicted octanol–water partition coefficient (Wildman–Crippen LogP) is -0.541. The van der Waals surface area contributed by atoms with Crippen LogP contribution < -0.4 is 0 Å².